The van der Waals surface area contributed by atoms with Crippen molar-refractivity contribution < 1.29 is 23.0 Å². The minimum absolute atomic E-state index is 0.0759. The number of thiophene rings is 1. The first-order valence-corrected chi connectivity index (χ1v) is 11.7. The van der Waals surface area contributed by atoms with Crippen LogP contribution in [0.25, 0.3) is 10.2 Å². The van der Waals surface area contributed by atoms with Crippen molar-refractivity contribution in [2.24, 2.45) is 0 Å². The number of hydrogen-bond acceptors (Lipinski definition) is 7. The van der Waals surface area contributed by atoms with Gasteiger partial charge in [0.15, 0.2) is 11.5 Å². The van der Waals surface area contributed by atoms with Crippen LogP contribution in [0.1, 0.15) is 29.1 Å². The summed E-state index contributed by atoms with van der Waals surface area (Å²) >= 11 is 3.08. The van der Waals surface area contributed by atoms with Gasteiger partial charge in [-0.15, -0.1) is 20.1 Å². The van der Waals surface area contributed by atoms with Crippen LogP contribution in [0.3, 0.4) is 0 Å². The summed E-state index contributed by atoms with van der Waals surface area (Å²) in [6, 6.07) is 4.08. The van der Waals surface area contributed by atoms with Gasteiger partial charge in [-0.2, -0.15) is 11.8 Å². The average Bonchev–Trinajstić information content (AvgIpc) is 3.35. The van der Waals surface area contributed by atoms with Crippen molar-refractivity contribution in [1.29, 1.82) is 0 Å². The molecule has 1 aromatic carbocycles. The largest absolute Gasteiger partial charge is 0.586 e. The highest BCUT2D eigenvalue weighted by atomic mass is 32.2. The molecule has 3 heterocycles. The number of aryl methyl sites for hydroxylation is 2. The summed E-state index contributed by atoms with van der Waals surface area (Å²) in [4.78, 5) is 34.1. The minimum Gasteiger partial charge on any atom is -0.395 e. The number of aromatic amines is 1. The van der Waals surface area contributed by atoms with E-state index in [0.717, 1.165) is 35.0 Å². The van der Waals surface area contributed by atoms with E-state index >= 15 is 0 Å². The smallest absolute Gasteiger partial charge is 0.395 e. The second-order valence-corrected chi connectivity index (χ2v) is 9.42. The number of thioether (sulfide) groups is 1. The molecule has 1 aliphatic heterocycles. The molecule has 0 atom stereocenters. The normalized spacial score (nSPS) is 15.9. The number of aromatic nitrogens is 2. The third-order valence-corrected chi connectivity index (χ3v) is 7.18. The zero-order valence-corrected chi connectivity index (χ0v) is 17.8. The molecule has 0 fully saturated rings. The van der Waals surface area contributed by atoms with Gasteiger partial charge in [0.25, 0.3) is 5.56 Å². The Hall–Kier alpha value is -2.66. The number of nitrogens with one attached hydrogen (secondary N) is 2. The van der Waals surface area contributed by atoms with Crippen molar-refractivity contribution in [3.8, 4) is 11.5 Å². The Labute approximate surface area is 183 Å². The molecule has 2 N–H and O–H groups in total. The molecule has 5 rings (SSSR count). The molecule has 162 valence electrons. The van der Waals surface area contributed by atoms with Gasteiger partial charge in [0.05, 0.1) is 11.1 Å². The third kappa shape index (κ3) is 4.11. The zero-order chi connectivity index (χ0) is 21.6. The van der Waals surface area contributed by atoms with E-state index in [4.69, 9.17) is 0 Å². The molecule has 0 saturated heterocycles. The van der Waals surface area contributed by atoms with Crippen molar-refractivity contribution >= 4 is 44.9 Å². The Morgan fingerprint density at radius 3 is 3.00 bits per heavy atom. The van der Waals surface area contributed by atoms with E-state index in [9.17, 15) is 18.4 Å². The number of anilines is 1. The van der Waals surface area contributed by atoms with Crippen molar-refractivity contribution in [1.82, 2.24) is 9.97 Å². The second-order valence-electron chi connectivity index (χ2n) is 7.23. The summed E-state index contributed by atoms with van der Waals surface area (Å²) in [5.41, 5.74) is 1.40. The summed E-state index contributed by atoms with van der Waals surface area (Å²) in [7, 11) is 0. The molecule has 0 spiro atoms. The molecule has 0 radical (unpaired) electrons. The molecule has 7 nitrogen and oxygen atoms in total. The maximum absolute atomic E-state index is 13.1. The number of alkyl halides is 2. The van der Waals surface area contributed by atoms with Gasteiger partial charge in [-0.3, -0.25) is 9.59 Å². The molecular formula is C20H17F2N3O4S2. The Kier molecular flexibility index (Phi) is 5.09. The molecule has 0 saturated carbocycles. The molecule has 0 unspecified atom stereocenters. The van der Waals surface area contributed by atoms with Crippen LogP contribution in [-0.4, -0.2) is 27.9 Å². The summed E-state index contributed by atoms with van der Waals surface area (Å²) < 4.78 is 34.8. The number of nitrogens with zero attached hydrogens (tertiary/aromatic N) is 1. The van der Waals surface area contributed by atoms with Crippen LogP contribution in [0, 0.1) is 0 Å². The van der Waals surface area contributed by atoms with E-state index in [1.54, 1.807) is 11.3 Å². The van der Waals surface area contributed by atoms with E-state index in [-0.39, 0.29) is 29.4 Å². The van der Waals surface area contributed by atoms with E-state index < -0.39 is 6.29 Å². The highest BCUT2D eigenvalue weighted by Gasteiger charge is 2.43. The van der Waals surface area contributed by atoms with E-state index in [2.05, 4.69) is 24.8 Å². The number of carbonyl (C=O) groups is 1. The van der Waals surface area contributed by atoms with Crippen molar-refractivity contribution in [3.63, 3.8) is 0 Å². The lowest BCUT2D eigenvalue weighted by atomic mass is 10.2. The minimum atomic E-state index is -3.69. The predicted octanol–water partition coefficient (Wildman–Crippen LogP) is 4.06. The van der Waals surface area contributed by atoms with Crippen molar-refractivity contribution in [3.05, 3.63) is 44.8 Å². The lowest BCUT2D eigenvalue weighted by molar-refractivity contribution is -0.286. The number of benzene rings is 1. The van der Waals surface area contributed by atoms with Gasteiger partial charge in [-0.1, -0.05) is 0 Å². The Morgan fingerprint density at radius 1 is 1.29 bits per heavy atom. The standard InChI is InChI=1S/C20H17F2N3O4S2/c21-20(22)28-12-5-4-10(8-13(12)29-20)23-16(26)6-7-30-9-15-24-18(27)17-11-2-1-3-14(11)31-19(17)25-15/h4-5,8H,1-3,6-7,9H2,(H,23,26)(H,24,25,27). The molecular weight excluding hydrogens is 448 g/mol. The molecule has 1 amide bonds. The lowest BCUT2D eigenvalue weighted by Crippen LogP contribution is -2.25. The molecule has 0 bridgehead atoms. The van der Waals surface area contributed by atoms with E-state index in [1.807, 2.05) is 0 Å². The first-order chi connectivity index (χ1) is 14.9. The molecule has 2 aromatic heterocycles. The summed E-state index contributed by atoms with van der Waals surface area (Å²) in [5.74, 6) is 1.14. The third-order valence-electron chi connectivity index (χ3n) is 5.02. The van der Waals surface area contributed by atoms with Crippen LogP contribution >= 0.6 is 23.1 Å². The number of ether oxygens (including phenoxy) is 2. The van der Waals surface area contributed by atoms with E-state index in [1.165, 1.54) is 34.8 Å². The van der Waals surface area contributed by atoms with E-state index in [0.29, 0.717) is 23.0 Å². The first kappa shape index (κ1) is 20.3. The summed E-state index contributed by atoms with van der Waals surface area (Å²) in [5, 5.41) is 3.38. The van der Waals surface area contributed by atoms with Crippen LogP contribution in [0.5, 0.6) is 11.5 Å². The number of amides is 1. The first-order valence-electron chi connectivity index (χ1n) is 9.69. The van der Waals surface area contributed by atoms with Crippen molar-refractivity contribution in [2.75, 3.05) is 11.1 Å². The quantitative estimate of drug-likeness (QED) is 0.534. The predicted molar refractivity (Wildman–Crippen MR) is 114 cm³/mol. The fraction of sp³-hybridized carbons (Fsp3) is 0.350. The number of H-pyrrole nitrogens is 1. The maximum atomic E-state index is 13.1. The lowest BCUT2D eigenvalue weighted by Gasteiger charge is -2.06. The van der Waals surface area contributed by atoms with Gasteiger partial charge in [0, 0.05) is 28.8 Å². The number of hydrogen-bond donors (Lipinski definition) is 2. The van der Waals surface area contributed by atoms with Crippen LogP contribution in [-0.2, 0) is 23.4 Å². The Bertz CT molecular complexity index is 1240. The SMILES string of the molecule is O=C(CCSCc1nc2sc3c(c2c(=O)[nH]1)CCC3)Nc1ccc2c(c1)OC(F)(F)O2. The van der Waals surface area contributed by atoms with Crippen molar-refractivity contribution in [2.45, 2.75) is 37.7 Å². The highest BCUT2D eigenvalue weighted by Crippen LogP contribution is 2.42. The molecule has 1 aliphatic carbocycles. The Balaban J connectivity index is 1.14. The van der Waals surface area contributed by atoms with Crippen LogP contribution in [0.2, 0.25) is 0 Å². The van der Waals surface area contributed by atoms with Gasteiger partial charge in [-0.25, -0.2) is 4.98 Å². The van der Waals surface area contributed by atoms with Crippen LogP contribution < -0.4 is 20.3 Å². The summed E-state index contributed by atoms with van der Waals surface area (Å²) in [6.07, 6.45) is -0.428. The zero-order valence-electron chi connectivity index (χ0n) is 16.1. The Morgan fingerprint density at radius 2 is 2.13 bits per heavy atom. The van der Waals surface area contributed by atoms with Crippen LogP contribution in [0.4, 0.5) is 14.5 Å². The number of carbonyl (C=O) groups excluding carboxylic acids is 1. The highest BCUT2D eigenvalue weighted by molar-refractivity contribution is 7.98. The average molecular weight is 466 g/mol. The topological polar surface area (TPSA) is 93.3 Å². The molecule has 3 aromatic rings. The van der Waals surface area contributed by atoms with Gasteiger partial charge in [-0.05, 0) is 37.0 Å². The van der Waals surface area contributed by atoms with Gasteiger partial charge in [0.2, 0.25) is 5.91 Å². The van der Waals surface area contributed by atoms with Gasteiger partial charge >= 0.3 is 6.29 Å². The molecule has 31 heavy (non-hydrogen) atoms. The number of fused-ring (bicyclic) bond motifs is 4. The molecule has 2 aliphatic rings. The maximum Gasteiger partial charge on any atom is 0.586 e. The fourth-order valence-electron chi connectivity index (χ4n) is 3.70. The fourth-order valence-corrected chi connectivity index (χ4v) is 5.78. The summed E-state index contributed by atoms with van der Waals surface area (Å²) in [6.45, 7) is 0. The van der Waals surface area contributed by atoms with Gasteiger partial charge < -0.3 is 19.8 Å². The second kappa shape index (κ2) is 7.79. The monoisotopic (exact) mass is 465 g/mol. The number of rotatable bonds is 6. The van der Waals surface area contributed by atoms with Crippen LogP contribution in [0.15, 0.2) is 23.0 Å². The number of halogens is 2. The molecule has 11 heteroatoms. The van der Waals surface area contributed by atoms with Gasteiger partial charge in [0.1, 0.15) is 10.7 Å².